The number of oxazole rings is 1. The first-order chi connectivity index (χ1) is 18.2. The Balaban J connectivity index is 1.64. The molecule has 0 aliphatic rings. The summed E-state index contributed by atoms with van der Waals surface area (Å²) >= 11 is 0. The number of carbonyl (C=O) groups excluding carboxylic acids is 2. The Bertz CT molecular complexity index is 1270. The number of carboxylic acid groups (broad SMARTS) is 1. The van der Waals surface area contributed by atoms with Crippen LogP contribution in [0.1, 0.15) is 53.2 Å². The zero-order chi connectivity index (χ0) is 27.7. The minimum Gasteiger partial charge on any atom is -0.493 e. The highest BCUT2D eigenvalue weighted by molar-refractivity contribution is 5.94. The Hall–Kier alpha value is -4.34. The fourth-order valence-electron chi connectivity index (χ4n) is 3.72. The number of nitrogens with one attached hydrogen (secondary N) is 2. The summed E-state index contributed by atoms with van der Waals surface area (Å²) in [5.41, 5.74) is 3.63. The summed E-state index contributed by atoms with van der Waals surface area (Å²) in [6.07, 6.45) is 0.0124. The molecule has 0 saturated heterocycles. The Morgan fingerprint density at radius 2 is 1.79 bits per heavy atom. The number of carboxylic acids is 1. The SMILES string of the molecule is CNC(=O)c1ccc(-c2nc(CCOc3ccc(CCC(=O)O)c(CNC(=O)OC(C)C)c3)c(C)o2)cc1. The second-order valence-corrected chi connectivity index (χ2v) is 8.91. The van der Waals surface area contributed by atoms with Gasteiger partial charge in [0.2, 0.25) is 5.89 Å². The molecule has 0 aliphatic carbocycles. The normalized spacial score (nSPS) is 10.8. The number of rotatable bonds is 12. The summed E-state index contributed by atoms with van der Waals surface area (Å²) in [6, 6.07) is 12.4. The molecule has 38 heavy (non-hydrogen) atoms. The molecule has 0 spiro atoms. The van der Waals surface area contributed by atoms with Crippen molar-refractivity contribution in [3.8, 4) is 17.2 Å². The molecule has 0 atom stereocenters. The van der Waals surface area contributed by atoms with E-state index >= 15 is 0 Å². The van der Waals surface area contributed by atoms with Gasteiger partial charge in [0.25, 0.3) is 5.91 Å². The summed E-state index contributed by atoms with van der Waals surface area (Å²) in [4.78, 5) is 39.3. The van der Waals surface area contributed by atoms with Gasteiger partial charge in [-0.15, -0.1) is 0 Å². The first kappa shape index (κ1) is 28.2. The maximum Gasteiger partial charge on any atom is 0.407 e. The zero-order valence-electron chi connectivity index (χ0n) is 22.0. The molecule has 10 nitrogen and oxygen atoms in total. The summed E-state index contributed by atoms with van der Waals surface area (Å²) in [6.45, 7) is 5.87. The molecule has 202 valence electrons. The van der Waals surface area contributed by atoms with E-state index in [2.05, 4.69) is 15.6 Å². The van der Waals surface area contributed by atoms with Gasteiger partial charge in [-0.2, -0.15) is 0 Å². The van der Waals surface area contributed by atoms with Crippen LogP contribution in [0.5, 0.6) is 5.75 Å². The molecule has 2 aromatic carbocycles. The van der Waals surface area contributed by atoms with Crippen LogP contribution in [0.25, 0.3) is 11.5 Å². The van der Waals surface area contributed by atoms with Crippen molar-refractivity contribution in [1.29, 1.82) is 0 Å². The molecular weight excluding hydrogens is 490 g/mol. The number of hydrogen-bond acceptors (Lipinski definition) is 7. The van der Waals surface area contributed by atoms with Gasteiger partial charge in [-0.05, 0) is 74.7 Å². The number of amides is 2. The van der Waals surface area contributed by atoms with E-state index in [0.29, 0.717) is 42.4 Å². The summed E-state index contributed by atoms with van der Waals surface area (Å²) in [7, 11) is 1.58. The molecule has 3 rings (SSSR count). The molecule has 0 fully saturated rings. The average Bonchev–Trinajstić information content (AvgIpc) is 3.26. The third-order valence-electron chi connectivity index (χ3n) is 5.67. The predicted molar refractivity (Wildman–Crippen MR) is 140 cm³/mol. The standard InChI is InChI=1S/C28H33N3O7/c1-17(2)37-28(35)30-16-22-15-23(11-9-19(22)10-12-25(32)33)36-14-13-24-18(3)38-27(31-24)21-7-5-20(6-8-21)26(34)29-4/h5-9,11,15,17H,10,12-14,16H2,1-4H3,(H,29,34)(H,30,35)(H,32,33). The first-order valence-corrected chi connectivity index (χ1v) is 12.4. The van der Waals surface area contributed by atoms with E-state index in [1.54, 1.807) is 57.3 Å². The summed E-state index contributed by atoms with van der Waals surface area (Å²) < 4.78 is 16.9. The van der Waals surface area contributed by atoms with Gasteiger partial charge in [0.05, 0.1) is 18.4 Å². The van der Waals surface area contributed by atoms with E-state index < -0.39 is 12.1 Å². The van der Waals surface area contributed by atoms with Crippen molar-refractivity contribution in [2.45, 2.75) is 52.7 Å². The summed E-state index contributed by atoms with van der Waals surface area (Å²) in [5, 5.41) is 14.3. The van der Waals surface area contributed by atoms with Gasteiger partial charge in [-0.25, -0.2) is 9.78 Å². The number of aromatic nitrogens is 1. The molecule has 0 bridgehead atoms. The molecule has 1 heterocycles. The van der Waals surface area contributed by atoms with Crippen LogP contribution < -0.4 is 15.4 Å². The van der Waals surface area contributed by atoms with Crippen molar-refractivity contribution in [3.05, 3.63) is 70.6 Å². The fraction of sp³-hybridized carbons (Fsp3) is 0.357. The van der Waals surface area contributed by atoms with Crippen LogP contribution in [0, 0.1) is 6.92 Å². The highest BCUT2D eigenvalue weighted by Crippen LogP contribution is 2.24. The van der Waals surface area contributed by atoms with E-state index in [4.69, 9.17) is 19.0 Å². The Labute approximate surface area is 221 Å². The number of carbonyl (C=O) groups is 3. The third kappa shape index (κ3) is 8.09. The van der Waals surface area contributed by atoms with Crippen molar-refractivity contribution >= 4 is 18.0 Å². The molecular formula is C28H33N3O7. The quantitative estimate of drug-likeness (QED) is 0.320. The third-order valence-corrected chi connectivity index (χ3v) is 5.67. The van der Waals surface area contributed by atoms with Gasteiger partial charge in [-0.3, -0.25) is 9.59 Å². The van der Waals surface area contributed by atoms with Crippen molar-refractivity contribution in [1.82, 2.24) is 15.6 Å². The number of nitrogens with zero attached hydrogens (tertiary/aromatic N) is 1. The number of alkyl carbamates (subject to hydrolysis) is 1. The van der Waals surface area contributed by atoms with Gasteiger partial charge in [0, 0.05) is 37.6 Å². The lowest BCUT2D eigenvalue weighted by atomic mass is 10.0. The Morgan fingerprint density at radius 3 is 2.45 bits per heavy atom. The van der Waals surface area contributed by atoms with Crippen molar-refractivity contribution in [2.75, 3.05) is 13.7 Å². The molecule has 0 unspecified atom stereocenters. The second-order valence-electron chi connectivity index (χ2n) is 8.91. The van der Waals surface area contributed by atoms with E-state index in [1.807, 2.05) is 13.0 Å². The predicted octanol–water partition coefficient (Wildman–Crippen LogP) is 4.28. The van der Waals surface area contributed by atoms with Crippen LogP contribution in [-0.4, -0.2) is 47.8 Å². The van der Waals surface area contributed by atoms with E-state index in [1.165, 1.54) is 0 Å². The van der Waals surface area contributed by atoms with Gasteiger partial charge in [-0.1, -0.05) is 6.07 Å². The Kier molecular flexibility index (Phi) is 9.86. The van der Waals surface area contributed by atoms with E-state index in [-0.39, 0.29) is 25.0 Å². The molecule has 0 saturated carbocycles. The zero-order valence-corrected chi connectivity index (χ0v) is 22.0. The molecule has 3 N–H and O–H groups in total. The summed E-state index contributed by atoms with van der Waals surface area (Å²) in [5.74, 6) is 0.668. The highest BCUT2D eigenvalue weighted by Gasteiger charge is 2.14. The molecule has 3 aromatic rings. The molecule has 0 aliphatic heterocycles. The molecule has 10 heteroatoms. The lowest BCUT2D eigenvalue weighted by molar-refractivity contribution is -0.136. The van der Waals surface area contributed by atoms with Crippen LogP contribution in [-0.2, 0) is 28.9 Å². The minimum absolute atomic E-state index is 0.0219. The van der Waals surface area contributed by atoms with Crippen molar-refractivity contribution < 1.29 is 33.4 Å². The highest BCUT2D eigenvalue weighted by atomic mass is 16.6. The maximum absolute atomic E-state index is 11.9. The van der Waals surface area contributed by atoms with Crippen LogP contribution in [0.4, 0.5) is 4.79 Å². The lowest BCUT2D eigenvalue weighted by Gasteiger charge is -2.14. The molecule has 0 radical (unpaired) electrons. The lowest BCUT2D eigenvalue weighted by Crippen LogP contribution is -2.26. The monoisotopic (exact) mass is 523 g/mol. The number of ether oxygens (including phenoxy) is 2. The Morgan fingerprint density at radius 1 is 1.05 bits per heavy atom. The van der Waals surface area contributed by atoms with Crippen LogP contribution in [0.3, 0.4) is 0 Å². The number of aryl methyl sites for hydroxylation is 2. The maximum atomic E-state index is 11.9. The van der Waals surface area contributed by atoms with Gasteiger partial charge in [0.1, 0.15) is 11.5 Å². The van der Waals surface area contributed by atoms with E-state index in [0.717, 1.165) is 22.4 Å². The van der Waals surface area contributed by atoms with Gasteiger partial charge >= 0.3 is 12.1 Å². The van der Waals surface area contributed by atoms with Crippen LogP contribution in [0.15, 0.2) is 46.9 Å². The van der Waals surface area contributed by atoms with Crippen LogP contribution >= 0.6 is 0 Å². The fourth-order valence-corrected chi connectivity index (χ4v) is 3.72. The second kappa shape index (κ2) is 13.3. The largest absolute Gasteiger partial charge is 0.493 e. The van der Waals surface area contributed by atoms with Crippen molar-refractivity contribution in [3.63, 3.8) is 0 Å². The van der Waals surface area contributed by atoms with Crippen molar-refractivity contribution in [2.24, 2.45) is 0 Å². The number of aliphatic carboxylic acids is 1. The van der Waals surface area contributed by atoms with Gasteiger partial charge in [0.15, 0.2) is 0 Å². The first-order valence-electron chi connectivity index (χ1n) is 12.4. The average molecular weight is 524 g/mol. The topological polar surface area (TPSA) is 140 Å². The minimum atomic E-state index is -0.895. The number of hydrogen-bond donors (Lipinski definition) is 3. The smallest absolute Gasteiger partial charge is 0.407 e. The van der Waals surface area contributed by atoms with Crippen LogP contribution in [0.2, 0.25) is 0 Å². The molecule has 2 amide bonds. The van der Waals surface area contributed by atoms with Gasteiger partial charge < -0.3 is 29.6 Å². The number of benzene rings is 2. The van der Waals surface area contributed by atoms with E-state index in [9.17, 15) is 14.4 Å². The molecule has 1 aromatic heterocycles.